The van der Waals surface area contributed by atoms with Crippen molar-refractivity contribution in [2.75, 3.05) is 13.1 Å². The van der Waals surface area contributed by atoms with Crippen LogP contribution in [0.2, 0.25) is 0 Å². The molecule has 7 heteroatoms. The van der Waals surface area contributed by atoms with Crippen molar-refractivity contribution < 1.29 is 4.52 Å². The summed E-state index contributed by atoms with van der Waals surface area (Å²) in [6.45, 7) is 12.1. The number of nitrogens with one attached hydrogen (secondary N) is 2. The summed E-state index contributed by atoms with van der Waals surface area (Å²) < 4.78 is 5.41. The van der Waals surface area contributed by atoms with Crippen molar-refractivity contribution in [2.24, 2.45) is 4.99 Å². The SMILES string of the molecule is CCNC(=NCc1cc(C(C)C)no1)NC1CCN(Cc2ccccc2)C(C)C1.I. The van der Waals surface area contributed by atoms with Gasteiger partial charge in [-0.25, -0.2) is 4.99 Å². The van der Waals surface area contributed by atoms with Gasteiger partial charge < -0.3 is 15.2 Å². The van der Waals surface area contributed by atoms with Crippen LogP contribution in [-0.2, 0) is 13.1 Å². The highest BCUT2D eigenvalue weighted by molar-refractivity contribution is 14.0. The van der Waals surface area contributed by atoms with E-state index in [2.05, 4.69) is 78.7 Å². The van der Waals surface area contributed by atoms with E-state index in [4.69, 9.17) is 9.52 Å². The first-order valence-corrected chi connectivity index (χ1v) is 10.8. The molecule has 0 amide bonds. The largest absolute Gasteiger partial charge is 0.359 e. The van der Waals surface area contributed by atoms with Gasteiger partial charge in [0.2, 0.25) is 0 Å². The minimum atomic E-state index is 0. The summed E-state index contributed by atoms with van der Waals surface area (Å²) in [5.41, 5.74) is 2.36. The van der Waals surface area contributed by atoms with Crippen LogP contribution in [0.15, 0.2) is 45.9 Å². The van der Waals surface area contributed by atoms with E-state index in [0.717, 1.165) is 49.9 Å². The number of halogens is 1. The number of piperidine rings is 1. The lowest BCUT2D eigenvalue weighted by atomic mass is 9.97. The zero-order chi connectivity index (χ0) is 20.6. The topological polar surface area (TPSA) is 65.7 Å². The lowest BCUT2D eigenvalue weighted by Gasteiger charge is -2.38. The van der Waals surface area contributed by atoms with Crippen molar-refractivity contribution in [3.8, 4) is 0 Å². The Morgan fingerprint density at radius 1 is 1.30 bits per heavy atom. The van der Waals surface area contributed by atoms with Crippen LogP contribution < -0.4 is 10.6 Å². The molecule has 1 aromatic heterocycles. The number of rotatable bonds is 7. The van der Waals surface area contributed by atoms with E-state index in [1.165, 1.54) is 5.56 Å². The van der Waals surface area contributed by atoms with Crippen LogP contribution in [0.25, 0.3) is 0 Å². The monoisotopic (exact) mass is 525 g/mol. The van der Waals surface area contributed by atoms with Crippen molar-refractivity contribution in [1.82, 2.24) is 20.7 Å². The number of guanidine groups is 1. The first kappa shape index (κ1) is 24.7. The van der Waals surface area contributed by atoms with Crippen LogP contribution in [-0.4, -0.2) is 41.2 Å². The summed E-state index contributed by atoms with van der Waals surface area (Å²) >= 11 is 0. The third-order valence-electron chi connectivity index (χ3n) is 5.49. The molecule has 1 aromatic carbocycles. The van der Waals surface area contributed by atoms with Gasteiger partial charge in [-0.05, 0) is 38.2 Å². The highest BCUT2D eigenvalue weighted by Crippen LogP contribution is 2.20. The molecule has 2 aromatic rings. The summed E-state index contributed by atoms with van der Waals surface area (Å²) in [5, 5.41) is 11.1. The Balaban J connectivity index is 0.00000320. The van der Waals surface area contributed by atoms with Gasteiger partial charge in [-0.1, -0.05) is 49.3 Å². The maximum Gasteiger partial charge on any atom is 0.191 e. The molecule has 2 N–H and O–H groups in total. The maximum atomic E-state index is 5.41. The molecule has 30 heavy (non-hydrogen) atoms. The van der Waals surface area contributed by atoms with Gasteiger partial charge in [-0.3, -0.25) is 4.90 Å². The Labute approximate surface area is 197 Å². The molecule has 1 fully saturated rings. The molecule has 0 bridgehead atoms. The number of nitrogens with zero attached hydrogens (tertiary/aromatic N) is 3. The molecule has 0 radical (unpaired) electrons. The second-order valence-corrected chi connectivity index (χ2v) is 8.24. The molecule has 2 heterocycles. The third kappa shape index (κ3) is 7.27. The van der Waals surface area contributed by atoms with E-state index in [1.54, 1.807) is 0 Å². The number of hydrogen-bond acceptors (Lipinski definition) is 4. The van der Waals surface area contributed by atoms with Gasteiger partial charge >= 0.3 is 0 Å². The summed E-state index contributed by atoms with van der Waals surface area (Å²) in [7, 11) is 0. The highest BCUT2D eigenvalue weighted by atomic mass is 127. The van der Waals surface area contributed by atoms with Gasteiger partial charge in [0.15, 0.2) is 11.7 Å². The van der Waals surface area contributed by atoms with E-state index >= 15 is 0 Å². The van der Waals surface area contributed by atoms with Crippen molar-refractivity contribution >= 4 is 29.9 Å². The van der Waals surface area contributed by atoms with Gasteiger partial charge in [-0.2, -0.15) is 0 Å². The average molecular weight is 525 g/mol. The summed E-state index contributed by atoms with van der Waals surface area (Å²) in [6, 6.07) is 13.7. The van der Waals surface area contributed by atoms with Crippen LogP contribution in [0, 0.1) is 0 Å². The smallest absolute Gasteiger partial charge is 0.191 e. The predicted octanol–water partition coefficient (Wildman–Crippen LogP) is 4.52. The first-order chi connectivity index (χ1) is 14.0. The standard InChI is InChI=1S/C23H35N5O.HI/c1-5-24-23(25-15-21-14-22(17(2)3)27-29-21)26-20-11-12-28(18(4)13-20)16-19-9-7-6-8-10-19;/h6-10,14,17-18,20H,5,11-13,15-16H2,1-4H3,(H2,24,25,26);1H. The van der Waals surface area contributed by atoms with Crippen LogP contribution in [0.5, 0.6) is 0 Å². The predicted molar refractivity (Wildman–Crippen MR) is 133 cm³/mol. The molecular weight excluding hydrogens is 489 g/mol. The van der Waals surface area contributed by atoms with Crippen LogP contribution in [0.3, 0.4) is 0 Å². The van der Waals surface area contributed by atoms with Gasteiger partial charge in [-0.15, -0.1) is 24.0 Å². The number of aromatic nitrogens is 1. The molecule has 1 aliphatic heterocycles. The van der Waals surface area contributed by atoms with Gasteiger partial charge in [0, 0.05) is 37.8 Å². The van der Waals surface area contributed by atoms with E-state index in [-0.39, 0.29) is 24.0 Å². The Bertz CT molecular complexity index is 777. The van der Waals surface area contributed by atoms with Crippen LogP contribution >= 0.6 is 24.0 Å². The minimum absolute atomic E-state index is 0. The molecule has 2 atom stereocenters. The Morgan fingerprint density at radius 3 is 2.70 bits per heavy atom. The van der Waals surface area contributed by atoms with Crippen molar-refractivity contribution in [3.05, 3.63) is 53.4 Å². The number of likely N-dealkylation sites (tertiary alicyclic amines) is 1. The quantitative estimate of drug-likeness (QED) is 0.316. The summed E-state index contributed by atoms with van der Waals surface area (Å²) in [5.74, 6) is 2.02. The molecule has 0 aliphatic carbocycles. The molecule has 166 valence electrons. The molecule has 6 nitrogen and oxygen atoms in total. The zero-order valence-corrected chi connectivity index (χ0v) is 20.9. The summed E-state index contributed by atoms with van der Waals surface area (Å²) in [4.78, 5) is 7.28. The first-order valence-electron chi connectivity index (χ1n) is 10.8. The molecule has 0 spiro atoms. The fourth-order valence-electron chi connectivity index (χ4n) is 3.75. The molecule has 1 saturated heterocycles. The lowest BCUT2D eigenvalue weighted by molar-refractivity contribution is 0.134. The van der Waals surface area contributed by atoms with Crippen LogP contribution in [0.1, 0.15) is 63.5 Å². The Hall–Kier alpha value is -1.61. The van der Waals surface area contributed by atoms with E-state index in [9.17, 15) is 0 Å². The fourth-order valence-corrected chi connectivity index (χ4v) is 3.75. The van der Waals surface area contributed by atoms with E-state index < -0.39 is 0 Å². The molecule has 1 aliphatic rings. The van der Waals surface area contributed by atoms with Crippen molar-refractivity contribution in [2.45, 2.75) is 71.6 Å². The van der Waals surface area contributed by atoms with Crippen LogP contribution in [0.4, 0.5) is 0 Å². The Kier molecular flexibility index (Phi) is 10.1. The average Bonchev–Trinajstić information content (AvgIpc) is 3.19. The summed E-state index contributed by atoms with van der Waals surface area (Å²) in [6.07, 6.45) is 2.22. The third-order valence-corrected chi connectivity index (χ3v) is 5.49. The molecule has 0 saturated carbocycles. The minimum Gasteiger partial charge on any atom is -0.359 e. The van der Waals surface area contributed by atoms with Gasteiger partial charge in [0.1, 0.15) is 6.54 Å². The van der Waals surface area contributed by atoms with Gasteiger partial charge in [0.25, 0.3) is 0 Å². The van der Waals surface area contributed by atoms with Crippen molar-refractivity contribution in [1.29, 1.82) is 0 Å². The molecule has 2 unspecified atom stereocenters. The Morgan fingerprint density at radius 2 is 2.07 bits per heavy atom. The van der Waals surface area contributed by atoms with Gasteiger partial charge in [0.05, 0.1) is 5.69 Å². The molecular formula is C23H36IN5O. The number of benzene rings is 1. The highest BCUT2D eigenvalue weighted by Gasteiger charge is 2.26. The second kappa shape index (κ2) is 12.3. The lowest BCUT2D eigenvalue weighted by Crippen LogP contribution is -2.51. The van der Waals surface area contributed by atoms with Crippen molar-refractivity contribution in [3.63, 3.8) is 0 Å². The number of hydrogen-bond donors (Lipinski definition) is 2. The normalized spacial score (nSPS) is 20.1. The number of aliphatic imine (C=N–C) groups is 1. The second-order valence-electron chi connectivity index (χ2n) is 8.24. The zero-order valence-electron chi connectivity index (χ0n) is 18.6. The van der Waals surface area contributed by atoms with E-state index in [1.807, 2.05) is 6.07 Å². The fraction of sp³-hybridized carbons (Fsp3) is 0.565. The maximum absolute atomic E-state index is 5.41. The van der Waals surface area contributed by atoms with E-state index in [0.29, 0.717) is 24.5 Å². The molecule has 3 rings (SSSR count).